The number of benzene rings is 1. The number of alkyl halides is 3. The number of hydrogen-bond donors (Lipinski definition) is 2. The largest absolute Gasteiger partial charge is 0.477 e. The number of nitrogens with one attached hydrogen (secondary N) is 1. The summed E-state index contributed by atoms with van der Waals surface area (Å²) in [6.07, 6.45) is -5.09. The van der Waals surface area contributed by atoms with E-state index in [4.69, 9.17) is 5.11 Å². The highest BCUT2D eigenvalue weighted by atomic mass is 32.1. The smallest absolute Gasteiger partial charge is 0.471 e. The van der Waals surface area contributed by atoms with Crippen LogP contribution in [0.25, 0.3) is 10.1 Å². The summed E-state index contributed by atoms with van der Waals surface area (Å²) in [6.45, 7) is -0.721. The van der Waals surface area contributed by atoms with Gasteiger partial charge < -0.3 is 10.4 Å². The standard InChI is InChI=1S/C12H7F4NO3S/c13-6-2-1-3-7-8(6)5(9(21-7)10(18)19)4-17-11(20)12(14,15)16/h1-3H,4H2,(H,17,20)(H,18,19). The molecule has 9 heteroatoms. The molecule has 1 amide bonds. The van der Waals surface area contributed by atoms with Crippen molar-refractivity contribution in [1.29, 1.82) is 0 Å². The van der Waals surface area contributed by atoms with Crippen molar-refractivity contribution in [2.45, 2.75) is 12.7 Å². The zero-order chi connectivity index (χ0) is 15.8. The van der Waals surface area contributed by atoms with E-state index in [1.54, 1.807) is 5.32 Å². The first-order chi connectivity index (χ1) is 9.71. The van der Waals surface area contributed by atoms with Gasteiger partial charge in [0, 0.05) is 22.2 Å². The van der Waals surface area contributed by atoms with Gasteiger partial charge in [0.1, 0.15) is 10.7 Å². The predicted molar refractivity (Wildman–Crippen MR) is 66.6 cm³/mol. The number of carboxylic acids is 1. The minimum Gasteiger partial charge on any atom is -0.477 e. The van der Waals surface area contributed by atoms with Crippen molar-refractivity contribution in [3.63, 3.8) is 0 Å². The molecule has 0 aliphatic carbocycles. The first kappa shape index (κ1) is 15.2. The molecular weight excluding hydrogens is 314 g/mol. The van der Waals surface area contributed by atoms with Crippen LogP contribution in [0.3, 0.4) is 0 Å². The van der Waals surface area contributed by atoms with Crippen LogP contribution in [0.2, 0.25) is 0 Å². The minimum absolute atomic E-state index is 0.0950. The van der Waals surface area contributed by atoms with Crippen LogP contribution in [0.5, 0.6) is 0 Å². The Labute approximate surface area is 119 Å². The van der Waals surface area contributed by atoms with Gasteiger partial charge in [-0.25, -0.2) is 9.18 Å². The molecule has 1 aromatic carbocycles. The normalized spacial score (nSPS) is 11.6. The predicted octanol–water partition coefficient (Wildman–Crippen LogP) is 2.92. The summed E-state index contributed by atoms with van der Waals surface area (Å²) in [5, 5.41) is 10.5. The molecule has 1 aromatic heterocycles. The maximum atomic E-state index is 13.8. The van der Waals surface area contributed by atoms with Gasteiger partial charge in [0.05, 0.1) is 0 Å². The molecule has 0 atom stereocenters. The molecule has 4 nitrogen and oxygen atoms in total. The number of carboxylic acid groups (broad SMARTS) is 1. The summed E-state index contributed by atoms with van der Waals surface area (Å²) in [7, 11) is 0. The molecule has 0 saturated heterocycles. The van der Waals surface area contributed by atoms with Gasteiger partial charge in [-0.2, -0.15) is 13.2 Å². The lowest BCUT2D eigenvalue weighted by molar-refractivity contribution is -0.173. The van der Waals surface area contributed by atoms with E-state index in [1.165, 1.54) is 12.1 Å². The molecule has 0 bridgehead atoms. The number of hydrogen-bond acceptors (Lipinski definition) is 3. The van der Waals surface area contributed by atoms with Crippen molar-refractivity contribution in [1.82, 2.24) is 5.32 Å². The van der Waals surface area contributed by atoms with E-state index in [2.05, 4.69) is 0 Å². The molecule has 0 fully saturated rings. The van der Waals surface area contributed by atoms with Gasteiger partial charge in [-0.05, 0) is 12.1 Å². The van der Waals surface area contributed by atoms with E-state index in [9.17, 15) is 27.2 Å². The first-order valence-corrected chi connectivity index (χ1v) is 6.31. The molecular formula is C12H7F4NO3S. The van der Waals surface area contributed by atoms with Crippen LogP contribution in [0, 0.1) is 5.82 Å². The molecule has 21 heavy (non-hydrogen) atoms. The Bertz CT molecular complexity index is 723. The van der Waals surface area contributed by atoms with Crippen LogP contribution in [0.1, 0.15) is 15.2 Å². The van der Waals surface area contributed by atoms with E-state index >= 15 is 0 Å². The summed E-state index contributed by atoms with van der Waals surface area (Å²) >= 11 is 0.733. The molecule has 0 unspecified atom stereocenters. The van der Waals surface area contributed by atoms with E-state index < -0.39 is 30.4 Å². The van der Waals surface area contributed by atoms with Crippen molar-refractivity contribution in [3.8, 4) is 0 Å². The highest BCUT2D eigenvalue weighted by Gasteiger charge is 2.38. The van der Waals surface area contributed by atoms with E-state index in [0.717, 1.165) is 17.4 Å². The number of carbonyl (C=O) groups is 2. The van der Waals surface area contributed by atoms with E-state index in [1.807, 2.05) is 0 Å². The van der Waals surface area contributed by atoms with Crippen molar-refractivity contribution >= 4 is 33.3 Å². The van der Waals surface area contributed by atoms with E-state index in [-0.39, 0.29) is 20.5 Å². The lowest BCUT2D eigenvalue weighted by atomic mass is 10.1. The third-order valence-corrected chi connectivity index (χ3v) is 3.83. The maximum Gasteiger partial charge on any atom is 0.471 e. The van der Waals surface area contributed by atoms with Crippen LogP contribution in [0.15, 0.2) is 18.2 Å². The third kappa shape index (κ3) is 2.97. The number of fused-ring (bicyclic) bond motifs is 1. The summed E-state index contributed by atoms with van der Waals surface area (Å²) in [4.78, 5) is 21.6. The molecule has 0 radical (unpaired) electrons. The third-order valence-electron chi connectivity index (χ3n) is 2.64. The fourth-order valence-corrected chi connectivity index (χ4v) is 2.85. The minimum atomic E-state index is -5.09. The molecule has 2 aromatic rings. The van der Waals surface area contributed by atoms with Gasteiger partial charge in [0.25, 0.3) is 0 Å². The molecule has 1 heterocycles. The van der Waals surface area contributed by atoms with Crippen LogP contribution < -0.4 is 5.32 Å². The highest BCUT2D eigenvalue weighted by molar-refractivity contribution is 7.21. The summed E-state index contributed by atoms with van der Waals surface area (Å²) in [6, 6.07) is 3.87. The van der Waals surface area contributed by atoms with Gasteiger partial charge in [0.2, 0.25) is 0 Å². The number of amides is 1. The van der Waals surface area contributed by atoms with Crippen LogP contribution in [-0.4, -0.2) is 23.2 Å². The first-order valence-electron chi connectivity index (χ1n) is 5.50. The fraction of sp³-hybridized carbons (Fsp3) is 0.167. The molecule has 2 N–H and O–H groups in total. The monoisotopic (exact) mass is 321 g/mol. The van der Waals surface area contributed by atoms with Gasteiger partial charge in [-0.15, -0.1) is 11.3 Å². The quantitative estimate of drug-likeness (QED) is 0.854. The summed E-state index contributed by atoms with van der Waals surface area (Å²) in [5.74, 6) is -4.37. The molecule has 0 saturated carbocycles. The molecule has 0 aliphatic rings. The Balaban J connectivity index is 2.44. The highest BCUT2D eigenvalue weighted by Crippen LogP contribution is 2.33. The number of thiophene rings is 1. The summed E-state index contributed by atoms with van der Waals surface area (Å²) < 4.78 is 50.4. The van der Waals surface area contributed by atoms with E-state index in [0.29, 0.717) is 0 Å². The average Bonchev–Trinajstić information content (AvgIpc) is 2.75. The SMILES string of the molecule is O=C(O)c1sc2cccc(F)c2c1CNC(=O)C(F)(F)F. The van der Waals surface area contributed by atoms with Crippen LogP contribution in [0.4, 0.5) is 17.6 Å². The zero-order valence-electron chi connectivity index (χ0n) is 10.1. The maximum absolute atomic E-state index is 13.8. The zero-order valence-corrected chi connectivity index (χ0v) is 10.9. The van der Waals surface area contributed by atoms with Gasteiger partial charge in [-0.1, -0.05) is 6.07 Å². The number of rotatable bonds is 3. The topological polar surface area (TPSA) is 66.4 Å². The average molecular weight is 321 g/mol. The van der Waals surface area contributed by atoms with Gasteiger partial charge in [0.15, 0.2) is 0 Å². The molecule has 0 spiro atoms. The second-order valence-electron chi connectivity index (χ2n) is 4.01. The Kier molecular flexibility index (Phi) is 3.86. The molecule has 2 rings (SSSR count). The fourth-order valence-electron chi connectivity index (χ4n) is 1.78. The van der Waals surface area contributed by atoms with Crippen LogP contribution >= 0.6 is 11.3 Å². The second kappa shape index (κ2) is 5.32. The Hall–Kier alpha value is -2.16. The number of aromatic carboxylic acids is 1. The number of carbonyl (C=O) groups excluding carboxylic acids is 1. The Morgan fingerprint density at radius 3 is 2.52 bits per heavy atom. The van der Waals surface area contributed by atoms with Gasteiger partial charge in [-0.3, -0.25) is 4.79 Å². The van der Waals surface area contributed by atoms with Crippen LogP contribution in [-0.2, 0) is 11.3 Å². The van der Waals surface area contributed by atoms with Crippen molar-refractivity contribution in [2.75, 3.05) is 0 Å². The van der Waals surface area contributed by atoms with Crippen molar-refractivity contribution < 1.29 is 32.3 Å². The van der Waals surface area contributed by atoms with Crippen molar-refractivity contribution in [2.24, 2.45) is 0 Å². The molecule has 112 valence electrons. The Morgan fingerprint density at radius 1 is 1.29 bits per heavy atom. The lowest BCUT2D eigenvalue weighted by Gasteiger charge is -2.08. The summed E-state index contributed by atoms with van der Waals surface area (Å²) in [5.41, 5.74) is -0.182. The van der Waals surface area contributed by atoms with Gasteiger partial charge >= 0.3 is 18.1 Å². The lowest BCUT2D eigenvalue weighted by Crippen LogP contribution is -2.36. The molecule has 0 aliphatic heterocycles. The Morgan fingerprint density at radius 2 is 1.95 bits per heavy atom. The van der Waals surface area contributed by atoms with Crippen molar-refractivity contribution in [3.05, 3.63) is 34.5 Å². The second-order valence-corrected chi connectivity index (χ2v) is 5.06. The number of halogens is 4.